The Bertz CT molecular complexity index is 374. The molecule has 0 saturated heterocycles. The van der Waals surface area contributed by atoms with Crippen molar-refractivity contribution in [3.8, 4) is 0 Å². The monoisotopic (exact) mass is 344 g/mol. The highest BCUT2D eigenvalue weighted by Gasteiger charge is 2.17. The number of rotatable bonds is 15. The molecule has 0 heterocycles. The fourth-order valence-electron chi connectivity index (χ4n) is 2.16. The van der Waals surface area contributed by atoms with Crippen molar-refractivity contribution in [3.63, 3.8) is 0 Å². The smallest absolute Gasteiger partial charge is 0.317 e. The van der Waals surface area contributed by atoms with Crippen LogP contribution in [-0.4, -0.2) is 64.6 Å². The second-order valence-corrected chi connectivity index (χ2v) is 5.74. The molecule has 1 unspecified atom stereocenters. The van der Waals surface area contributed by atoms with Gasteiger partial charge in [0, 0.05) is 19.5 Å². The van der Waals surface area contributed by atoms with E-state index in [1.54, 1.807) is 0 Å². The number of aliphatic carboxylic acids is 1. The molecule has 0 aromatic heterocycles. The predicted molar refractivity (Wildman–Crippen MR) is 92.4 cm³/mol. The Hall–Kier alpha value is -1.44. The Morgan fingerprint density at radius 2 is 1.83 bits per heavy atom. The summed E-state index contributed by atoms with van der Waals surface area (Å²) in [6.07, 6.45) is 9.82. The number of aliphatic hydroxyl groups is 2. The average Bonchev–Trinajstić information content (AvgIpc) is 2.55. The maximum Gasteiger partial charge on any atom is 0.317 e. The standard InChI is InChI=1S/C17H32N2O5/c1-2-3-4-5-6-7-8-9-10-15(21)18-11-12-19(13-17(23)24)16(22)14-20/h5-6,16,20,22H,2-4,7-14H2,1H3,(H,18,21)(H,23,24)/b6-5+. The summed E-state index contributed by atoms with van der Waals surface area (Å²) < 4.78 is 0. The van der Waals surface area contributed by atoms with Crippen molar-refractivity contribution in [2.24, 2.45) is 0 Å². The van der Waals surface area contributed by atoms with Gasteiger partial charge in [0.25, 0.3) is 0 Å². The van der Waals surface area contributed by atoms with E-state index in [2.05, 4.69) is 24.4 Å². The molecule has 0 aliphatic carbocycles. The number of carboxylic acids is 1. The van der Waals surface area contributed by atoms with Gasteiger partial charge in [0.1, 0.15) is 6.23 Å². The van der Waals surface area contributed by atoms with E-state index in [-0.39, 0.29) is 25.5 Å². The lowest BCUT2D eigenvalue weighted by molar-refractivity contribution is -0.142. The number of nitrogens with one attached hydrogen (secondary N) is 1. The van der Waals surface area contributed by atoms with Crippen molar-refractivity contribution in [3.05, 3.63) is 12.2 Å². The van der Waals surface area contributed by atoms with E-state index >= 15 is 0 Å². The maximum atomic E-state index is 11.7. The van der Waals surface area contributed by atoms with Crippen molar-refractivity contribution in [1.82, 2.24) is 10.2 Å². The van der Waals surface area contributed by atoms with Crippen LogP contribution in [-0.2, 0) is 9.59 Å². The van der Waals surface area contributed by atoms with Crippen LogP contribution in [0.25, 0.3) is 0 Å². The second kappa shape index (κ2) is 15.1. The Kier molecular flexibility index (Phi) is 14.2. The maximum absolute atomic E-state index is 11.7. The van der Waals surface area contributed by atoms with Crippen molar-refractivity contribution < 1.29 is 24.9 Å². The van der Waals surface area contributed by atoms with Gasteiger partial charge in [-0.3, -0.25) is 14.5 Å². The first kappa shape index (κ1) is 22.6. The topological polar surface area (TPSA) is 110 Å². The van der Waals surface area contributed by atoms with Gasteiger partial charge < -0.3 is 20.6 Å². The third-order valence-corrected chi connectivity index (χ3v) is 3.56. The lowest BCUT2D eigenvalue weighted by atomic mass is 10.1. The number of carboxylic acid groups (broad SMARTS) is 1. The number of carbonyl (C=O) groups is 2. The molecule has 0 aromatic carbocycles. The molecule has 1 atom stereocenters. The van der Waals surface area contributed by atoms with Crippen molar-refractivity contribution >= 4 is 11.9 Å². The number of allylic oxidation sites excluding steroid dienone is 2. The summed E-state index contributed by atoms with van der Waals surface area (Å²) in [6, 6.07) is 0. The molecule has 140 valence electrons. The zero-order valence-electron chi connectivity index (χ0n) is 14.6. The average molecular weight is 344 g/mol. The fraction of sp³-hybridized carbons (Fsp3) is 0.765. The van der Waals surface area contributed by atoms with Gasteiger partial charge in [-0.1, -0.05) is 31.9 Å². The van der Waals surface area contributed by atoms with Crippen molar-refractivity contribution in [1.29, 1.82) is 0 Å². The lowest BCUT2D eigenvalue weighted by Crippen LogP contribution is -2.45. The normalized spacial score (nSPS) is 12.7. The molecule has 0 rings (SSSR count). The van der Waals surface area contributed by atoms with Gasteiger partial charge in [-0.2, -0.15) is 0 Å². The molecule has 1 amide bonds. The lowest BCUT2D eigenvalue weighted by Gasteiger charge is -2.24. The van der Waals surface area contributed by atoms with Crippen LogP contribution >= 0.6 is 0 Å². The van der Waals surface area contributed by atoms with Gasteiger partial charge in [-0.15, -0.1) is 0 Å². The zero-order chi connectivity index (χ0) is 18.2. The van der Waals surface area contributed by atoms with Crippen LogP contribution in [0.1, 0.15) is 51.9 Å². The Labute approximate surface area is 144 Å². The first-order chi connectivity index (χ1) is 11.5. The van der Waals surface area contributed by atoms with Crippen molar-refractivity contribution in [2.75, 3.05) is 26.2 Å². The van der Waals surface area contributed by atoms with Crippen LogP contribution in [0.15, 0.2) is 12.2 Å². The fourth-order valence-corrected chi connectivity index (χ4v) is 2.16. The molecule has 0 aliphatic rings. The van der Waals surface area contributed by atoms with E-state index in [0.717, 1.165) is 25.7 Å². The molecule has 0 aromatic rings. The molecule has 4 N–H and O–H groups in total. The minimum Gasteiger partial charge on any atom is -0.480 e. The molecular formula is C17H32N2O5. The second-order valence-electron chi connectivity index (χ2n) is 5.74. The van der Waals surface area contributed by atoms with Gasteiger partial charge in [-0.25, -0.2) is 0 Å². The molecule has 0 fully saturated rings. The quantitative estimate of drug-likeness (QED) is 0.201. The summed E-state index contributed by atoms with van der Waals surface area (Å²) in [5.74, 6) is -1.18. The highest BCUT2D eigenvalue weighted by molar-refractivity contribution is 5.75. The van der Waals surface area contributed by atoms with Gasteiger partial charge in [0.05, 0.1) is 13.2 Å². The summed E-state index contributed by atoms with van der Waals surface area (Å²) in [6.45, 7) is 1.63. The Morgan fingerprint density at radius 3 is 2.42 bits per heavy atom. The Morgan fingerprint density at radius 1 is 1.17 bits per heavy atom. The number of aliphatic hydroxyl groups excluding tert-OH is 2. The van der Waals surface area contributed by atoms with E-state index in [4.69, 9.17) is 10.2 Å². The van der Waals surface area contributed by atoms with E-state index in [1.165, 1.54) is 17.7 Å². The summed E-state index contributed by atoms with van der Waals surface area (Å²) >= 11 is 0. The van der Waals surface area contributed by atoms with Gasteiger partial charge in [0.2, 0.25) is 5.91 Å². The number of nitrogens with zero attached hydrogens (tertiary/aromatic N) is 1. The highest BCUT2D eigenvalue weighted by Crippen LogP contribution is 2.03. The van der Waals surface area contributed by atoms with E-state index in [0.29, 0.717) is 6.42 Å². The summed E-state index contributed by atoms with van der Waals surface area (Å²) in [4.78, 5) is 23.6. The number of unbranched alkanes of at least 4 members (excludes halogenated alkanes) is 4. The van der Waals surface area contributed by atoms with Crippen LogP contribution in [0.2, 0.25) is 0 Å². The number of hydrogen-bond donors (Lipinski definition) is 4. The largest absolute Gasteiger partial charge is 0.480 e. The minimum atomic E-state index is -1.24. The van der Waals surface area contributed by atoms with Crippen LogP contribution < -0.4 is 5.32 Å². The Balaban J connectivity index is 3.76. The number of amides is 1. The highest BCUT2D eigenvalue weighted by atomic mass is 16.4. The summed E-state index contributed by atoms with van der Waals surface area (Å²) in [5.41, 5.74) is 0. The molecule has 7 heteroatoms. The number of hydrogen-bond acceptors (Lipinski definition) is 5. The molecule has 0 saturated carbocycles. The third-order valence-electron chi connectivity index (χ3n) is 3.56. The minimum absolute atomic E-state index is 0.0845. The first-order valence-corrected chi connectivity index (χ1v) is 8.67. The van der Waals surface area contributed by atoms with Crippen LogP contribution in [0, 0.1) is 0 Å². The zero-order valence-corrected chi connectivity index (χ0v) is 14.6. The molecule has 0 bridgehead atoms. The first-order valence-electron chi connectivity index (χ1n) is 8.67. The summed E-state index contributed by atoms with van der Waals surface area (Å²) in [5, 5.41) is 29.8. The van der Waals surface area contributed by atoms with Gasteiger partial charge in [-0.05, 0) is 25.7 Å². The van der Waals surface area contributed by atoms with Crippen LogP contribution in [0.4, 0.5) is 0 Å². The van der Waals surface area contributed by atoms with Crippen LogP contribution in [0.5, 0.6) is 0 Å². The molecule has 0 radical (unpaired) electrons. The van der Waals surface area contributed by atoms with Gasteiger partial charge >= 0.3 is 5.97 Å². The van der Waals surface area contributed by atoms with Crippen molar-refractivity contribution in [2.45, 2.75) is 58.1 Å². The number of carbonyl (C=O) groups excluding carboxylic acids is 1. The van der Waals surface area contributed by atoms with Gasteiger partial charge in [0.15, 0.2) is 0 Å². The summed E-state index contributed by atoms with van der Waals surface area (Å²) in [7, 11) is 0. The molecule has 24 heavy (non-hydrogen) atoms. The third kappa shape index (κ3) is 13.0. The SMILES string of the molecule is CCCC/C=C/CCCCC(=O)NCCN(CC(=O)O)C(O)CO. The predicted octanol–water partition coefficient (Wildman–Crippen LogP) is 1.11. The van der Waals surface area contributed by atoms with E-state index in [1.807, 2.05) is 0 Å². The van der Waals surface area contributed by atoms with Crippen LogP contribution in [0.3, 0.4) is 0 Å². The molecule has 0 aliphatic heterocycles. The molecule has 0 spiro atoms. The van der Waals surface area contributed by atoms with E-state index in [9.17, 15) is 14.7 Å². The molecule has 7 nitrogen and oxygen atoms in total. The van der Waals surface area contributed by atoms with E-state index < -0.39 is 18.8 Å². The molecular weight excluding hydrogens is 312 g/mol.